The molecule has 0 spiro atoms. The third kappa shape index (κ3) is 5.46. The molecule has 1 aliphatic rings. The van der Waals surface area contributed by atoms with Crippen LogP contribution in [0.5, 0.6) is 17.2 Å². The fraction of sp³-hybridized carbons (Fsp3) is 0.348. The Labute approximate surface area is 191 Å². The van der Waals surface area contributed by atoms with Crippen LogP contribution >= 0.6 is 0 Å². The number of esters is 1. The molecule has 2 aromatic rings. The summed E-state index contributed by atoms with van der Waals surface area (Å²) in [7, 11) is 4.10. The first-order valence-electron chi connectivity index (χ1n) is 10.3. The van der Waals surface area contributed by atoms with Crippen molar-refractivity contribution in [3.05, 3.63) is 41.5 Å². The van der Waals surface area contributed by atoms with Gasteiger partial charge in [0.05, 0.1) is 38.3 Å². The summed E-state index contributed by atoms with van der Waals surface area (Å²) in [4.78, 5) is 38.5. The highest BCUT2D eigenvalue weighted by Gasteiger charge is 2.22. The number of hydrogen-bond donors (Lipinski definition) is 2. The third-order valence-corrected chi connectivity index (χ3v) is 5.19. The Hall–Kier alpha value is -3.95. The topological polar surface area (TPSA) is 129 Å². The number of rotatable bonds is 9. The quantitative estimate of drug-likeness (QED) is 0.548. The molecule has 0 unspecified atom stereocenters. The van der Waals surface area contributed by atoms with E-state index in [0.717, 1.165) is 31.6 Å². The van der Waals surface area contributed by atoms with E-state index in [1.54, 1.807) is 18.2 Å². The van der Waals surface area contributed by atoms with Crippen LogP contribution in [0.2, 0.25) is 0 Å². The van der Waals surface area contributed by atoms with Crippen LogP contribution in [0.25, 0.3) is 0 Å². The Balaban J connectivity index is 1.95. The van der Waals surface area contributed by atoms with Gasteiger partial charge in [0, 0.05) is 18.7 Å². The van der Waals surface area contributed by atoms with Gasteiger partial charge in [-0.15, -0.1) is 0 Å². The minimum atomic E-state index is -0.666. The number of nitrogens with two attached hydrogens (primary N) is 1. The van der Waals surface area contributed by atoms with Gasteiger partial charge in [0.25, 0.3) is 11.8 Å². The molecule has 176 valence electrons. The van der Waals surface area contributed by atoms with Crippen LogP contribution in [-0.4, -0.2) is 58.8 Å². The number of amides is 2. The van der Waals surface area contributed by atoms with Gasteiger partial charge < -0.3 is 34.9 Å². The molecule has 0 atom stereocenters. The molecular weight excluding hydrogens is 430 g/mol. The predicted molar refractivity (Wildman–Crippen MR) is 121 cm³/mol. The van der Waals surface area contributed by atoms with E-state index in [1.807, 2.05) is 0 Å². The predicted octanol–water partition coefficient (Wildman–Crippen LogP) is 2.21. The lowest BCUT2D eigenvalue weighted by molar-refractivity contribution is -0.120. The number of carbonyl (C=O) groups excluding carboxylic acids is 3. The minimum absolute atomic E-state index is 0.154. The molecule has 3 rings (SSSR count). The monoisotopic (exact) mass is 457 g/mol. The smallest absolute Gasteiger partial charge is 0.337 e. The zero-order valence-corrected chi connectivity index (χ0v) is 18.8. The summed E-state index contributed by atoms with van der Waals surface area (Å²) >= 11 is 0. The first-order valence-corrected chi connectivity index (χ1v) is 10.3. The summed E-state index contributed by atoms with van der Waals surface area (Å²) in [5.41, 5.74) is 7.00. The molecular formula is C23H27N3O7. The van der Waals surface area contributed by atoms with Crippen LogP contribution in [0.1, 0.15) is 33.6 Å². The summed E-state index contributed by atoms with van der Waals surface area (Å²) in [5, 5.41) is 2.88. The minimum Gasteiger partial charge on any atom is -0.493 e. The number of ether oxygens (including phenoxy) is 4. The van der Waals surface area contributed by atoms with Gasteiger partial charge in [-0.2, -0.15) is 0 Å². The van der Waals surface area contributed by atoms with Crippen molar-refractivity contribution in [2.75, 3.05) is 51.2 Å². The van der Waals surface area contributed by atoms with Crippen molar-refractivity contribution in [2.24, 2.45) is 5.73 Å². The molecule has 0 bridgehead atoms. The maximum absolute atomic E-state index is 13.2. The van der Waals surface area contributed by atoms with Gasteiger partial charge in [-0.05, 0) is 43.2 Å². The Morgan fingerprint density at radius 1 is 0.970 bits per heavy atom. The van der Waals surface area contributed by atoms with Crippen molar-refractivity contribution >= 4 is 29.2 Å². The molecule has 10 heteroatoms. The molecule has 0 aliphatic carbocycles. The highest BCUT2D eigenvalue weighted by Crippen LogP contribution is 2.39. The van der Waals surface area contributed by atoms with E-state index in [-0.39, 0.29) is 29.4 Å². The first-order chi connectivity index (χ1) is 15.9. The van der Waals surface area contributed by atoms with E-state index < -0.39 is 17.8 Å². The Kier molecular flexibility index (Phi) is 7.60. The molecule has 2 aromatic carbocycles. The lowest BCUT2D eigenvalue weighted by Crippen LogP contribution is -2.22. The number of primary amides is 1. The molecule has 0 aromatic heterocycles. The maximum atomic E-state index is 13.2. The summed E-state index contributed by atoms with van der Waals surface area (Å²) in [6.07, 6.45) is 2.10. The van der Waals surface area contributed by atoms with E-state index in [9.17, 15) is 14.4 Å². The van der Waals surface area contributed by atoms with Gasteiger partial charge in [-0.25, -0.2) is 4.79 Å². The Bertz CT molecular complexity index is 1020. The lowest BCUT2D eigenvalue weighted by Gasteiger charge is -2.22. The number of carbonyl (C=O) groups is 3. The summed E-state index contributed by atoms with van der Waals surface area (Å²) in [6, 6.07) is 8.00. The average Bonchev–Trinajstić information content (AvgIpc) is 3.36. The fourth-order valence-electron chi connectivity index (χ4n) is 3.61. The number of benzene rings is 2. The lowest BCUT2D eigenvalue weighted by atomic mass is 10.1. The maximum Gasteiger partial charge on any atom is 0.337 e. The average molecular weight is 457 g/mol. The van der Waals surface area contributed by atoms with Gasteiger partial charge in [0.15, 0.2) is 18.1 Å². The van der Waals surface area contributed by atoms with Crippen LogP contribution in [-0.2, 0) is 9.53 Å². The summed E-state index contributed by atoms with van der Waals surface area (Å²) in [5.74, 6) is -1.07. The largest absolute Gasteiger partial charge is 0.493 e. The zero-order chi connectivity index (χ0) is 24.0. The van der Waals surface area contributed by atoms with E-state index in [4.69, 9.17) is 24.7 Å². The number of methoxy groups -OCH3 is 3. The second-order valence-corrected chi connectivity index (χ2v) is 7.34. The summed E-state index contributed by atoms with van der Waals surface area (Å²) < 4.78 is 20.9. The second-order valence-electron chi connectivity index (χ2n) is 7.34. The van der Waals surface area contributed by atoms with Crippen LogP contribution in [0.15, 0.2) is 30.3 Å². The van der Waals surface area contributed by atoms with Crippen molar-refractivity contribution in [3.63, 3.8) is 0 Å². The highest BCUT2D eigenvalue weighted by molar-refractivity contribution is 6.07. The van der Waals surface area contributed by atoms with Crippen LogP contribution < -0.4 is 30.2 Å². The molecule has 33 heavy (non-hydrogen) atoms. The molecule has 0 saturated carbocycles. The molecule has 1 fully saturated rings. The van der Waals surface area contributed by atoms with E-state index in [0.29, 0.717) is 11.3 Å². The molecule has 1 heterocycles. The standard InChI is InChI=1S/C23H27N3O7/c1-30-18-11-15(12-19(31-2)21(18)33-13-20(24)27)22(28)25-16-10-14(23(29)32-3)6-7-17(16)26-8-4-5-9-26/h6-7,10-12H,4-5,8-9,13H2,1-3H3,(H2,24,27)(H,25,28). The zero-order valence-electron chi connectivity index (χ0n) is 18.8. The van der Waals surface area contributed by atoms with Crippen molar-refractivity contribution < 1.29 is 33.3 Å². The Morgan fingerprint density at radius 2 is 1.61 bits per heavy atom. The van der Waals surface area contributed by atoms with Gasteiger partial charge in [0.2, 0.25) is 5.75 Å². The number of nitrogens with one attached hydrogen (secondary N) is 1. The van der Waals surface area contributed by atoms with Gasteiger partial charge >= 0.3 is 5.97 Å². The molecule has 10 nitrogen and oxygen atoms in total. The van der Waals surface area contributed by atoms with Crippen molar-refractivity contribution in [2.45, 2.75) is 12.8 Å². The highest BCUT2D eigenvalue weighted by atomic mass is 16.5. The van der Waals surface area contributed by atoms with Crippen molar-refractivity contribution in [1.29, 1.82) is 0 Å². The Morgan fingerprint density at radius 3 is 2.15 bits per heavy atom. The second kappa shape index (κ2) is 10.6. The van der Waals surface area contributed by atoms with Crippen molar-refractivity contribution in [1.82, 2.24) is 0 Å². The molecule has 3 N–H and O–H groups in total. The fourth-order valence-corrected chi connectivity index (χ4v) is 3.61. The number of hydrogen-bond acceptors (Lipinski definition) is 8. The molecule has 0 radical (unpaired) electrons. The third-order valence-electron chi connectivity index (χ3n) is 5.19. The summed E-state index contributed by atoms with van der Waals surface area (Å²) in [6.45, 7) is 1.33. The van der Waals surface area contributed by atoms with Crippen LogP contribution in [0, 0.1) is 0 Å². The van der Waals surface area contributed by atoms with Crippen LogP contribution in [0.4, 0.5) is 11.4 Å². The molecule has 1 aliphatic heterocycles. The number of nitrogens with zero attached hydrogens (tertiary/aromatic N) is 1. The van der Waals surface area contributed by atoms with E-state index in [2.05, 4.69) is 10.2 Å². The van der Waals surface area contributed by atoms with Gasteiger partial charge in [-0.1, -0.05) is 0 Å². The normalized spacial score (nSPS) is 12.8. The first kappa shape index (κ1) is 23.7. The molecule has 1 saturated heterocycles. The SMILES string of the molecule is COC(=O)c1ccc(N2CCCC2)c(NC(=O)c2cc(OC)c(OCC(N)=O)c(OC)c2)c1. The number of anilines is 2. The van der Waals surface area contributed by atoms with E-state index >= 15 is 0 Å². The van der Waals surface area contributed by atoms with Gasteiger partial charge in [0.1, 0.15) is 0 Å². The van der Waals surface area contributed by atoms with Crippen LogP contribution in [0.3, 0.4) is 0 Å². The van der Waals surface area contributed by atoms with E-state index in [1.165, 1.54) is 33.5 Å². The van der Waals surface area contributed by atoms with Crippen molar-refractivity contribution in [3.8, 4) is 17.2 Å². The van der Waals surface area contributed by atoms with Gasteiger partial charge in [-0.3, -0.25) is 9.59 Å². The molecule has 2 amide bonds.